The molecule has 1 fully saturated rings. The largest absolute Gasteiger partial charge is 0.361 e. The van der Waals surface area contributed by atoms with Gasteiger partial charge in [-0.3, -0.25) is 0 Å². The molecule has 1 N–H and O–H groups in total. The van der Waals surface area contributed by atoms with Crippen LogP contribution in [0.15, 0.2) is 24.4 Å². The lowest BCUT2D eigenvalue weighted by Crippen LogP contribution is -2.51. The van der Waals surface area contributed by atoms with Crippen molar-refractivity contribution in [2.45, 2.75) is 38.1 Å². The summed E-state index contributed by atoms with van der Waals surface area (Å²) in [5, 5.41) is 10.6. The van der Waals surface area contributed by atoms with Gasteiger partial charge in [0.1, 0.15) is 0 Å². The van der Waals surface area contributed by atoms with Gasteiger partial charge in [0.2, 0.25) is 0 Å². The molecular weight excluding hydrogens is 258 g/mol. The Morgan fingerprint density at radius 3 is 3.14 bits per heavy atom. The maximum atomic E-state index is 9.17. The Balaban J connectivity index is 1.84. The highest BCUT2D eigenvalue weighted by Crippen LogP contribution is 2.48. The van der Waals surface area contributed by atoms with Gasteiger partial charge >= 0.3 is 0 Å². The molecule has 0 bridgehead atoms. The SMILES string of the molecule is CN1C[C@@](C)(CC#N)CC2c3cccc4[nH]cc(c34)C[C@H]21. The van der Waals surface area contributed by atoms with E-state index in [1.807, 2.05) is 0 Å². The zero-order chi connectivity index (χ0) is 14.6. The van der Waals surface area contributed by atoms with Crippen LogP contribution < -0.4 is 0 Å². The van der Waals surface area contributed by atoms with Crippen LogP contribution in [-0.4, -0.2) is 29.5 Å². The third-order valence-corrected chi connectivity index (χ3v) is 5.53. The average Bonchev–Trinajstić information content (AvgIpc) is 2.85. The van der Waals surface area contributed by atoms with Gasteiger partial charge in [-0.05, 0) is 42.5 Å². The van der Waals surface area contributed by atoms with Crippen molar-refractivity contribution in [3.8, 4) is 6.07 Å². The molecule has 0 saturated carbocycles. The molecule has 0 amide bonds. The molecule has 0 radical (unpaired) electrons. The number of aromatic amines is 1. The van der Waals surface area contributed by atoms with E-state index in [0.717, 1.165) is 19.4 Å². The van der Waals surface area contributed by atoms with E-state index >= 15 is 0 Å². The fraction of sp³-hybridized carbons (Fsp3) is 0.500. The number of hydrogen-bond donors (Lipinski definition) is 1. The zero-order valence-electron chi connectivity index (χ0n) is 12.7. The minimum Gasteiger partial charge on any atom is -0.361 e. The number of hydrogen-bond acceptors (Lipinski definition) is 2. The van der Waals surface area contributed by atoms with Gasteiger partial charge in [-0.15, -0.1) is 0 Å². The van der Waals surface area contributed by atoms with E-state index in [1.54, 1.807) is 0 Å². The number of fused-ring (bicyclic) bond motifs is 2. The molecular formula is C18H21N3. The third kappa shape index (κ3) is 1.82. The van der Waals surface area contributed by atoms with Crippen molar-refractivity contribution in [3.05, 3.63) is 35.5 Å². The van der Waals surface area contributed by atoms with Gasteiger partial charge < -0.3 is 9.88 Å². The fourth-order valence-electron chi connectivity index (χ4n) is 4.67. The second-order valence-electron chi connectivity index (χ2n) is 7.23. The summed E-state index contributed by atoms with van der Waals surface area (Å²) in [5.41, 5.74) is 4.31. The van der Waals surface area contributed by atoms with Gasteiger partial charge in [0.15, 0.2) is 0 Å². The van der Waals surface area contributed by atoms with E-state index in [0.29, 0.717) is 18.4 Å². The van der Waals surface area contributed by atoms with E-state index in [9.17, 15) is 0 Å². The van der Waals surface area contributed by atoms with E-state index < -0.39 is 0 Å². The van der Waals surface area contributed by atoms with Gasteiger partial charge in [0, 0.05) is 42.0 Å². The van der Waals surface area contributed by atoms with Gasteiger partial charge in [-0.25, -0.2) is 0 Å². The van der Waals surface area contributed by atoms with E-state index in [2.05, 4.69) is 54.3 Å². The Bertz CT molecular complexity index is 738. The topological polar surface area (TPSA) is 42.8 Å². The molecule has 3 nitrogen and oxygen atoms in total. The Labute approximate surface area is 125 Å². The number of likely N-dealkylation sites (N-methyl/N-ethyl adjacent to an activating group) is 1. The van der Waals surface area contributed by atoms with Crippen LogP contribution >= 0.6 is 0 Å². The van der Waals surface area contributed by atoms with Crippen molar-refractivity contribution in [1.82, 2.24) is 9.88 Å². The molecule has 0 spiro atoms. The molecule has 21 heavy (non-hydrogen) atoms. The number of benzene rings is 1. The number of aromatic nitrogens is 1. The van der Waals surface area contributed by atoms with Crippen molar-refractivity contribution in [2.75, 3.05) is 13.6 Å². The molecule has 4 rings (SSSR count). The van der Waals surface area contributed by atoms with Crippen LogP contribution in [0.4, 0.5) is 0 Å². The quantitative estimate of drug-likeness (QED) is 0.869. The van der Waals surface area contributed by atoms with Crippen LogP contribution in [0.5, 0.6) is 0 Å². The second kappa shape index (κ2) is 4.35. The molecule has 3 atom stereocenters. The molecule has 2 aromatic rings. The van der Waals surface area contributed by atoms with Gasteiger partial charge in [0.25, 0.3) is 0 Å². The summed E-state index contributed by atoms with van der Waals surface area (Å²) in [6.45, 7) is 3.30. The maximum absolute atomic E-state index is 9.17. The monoisotopic (exact) mass is 279 g/mol. The number of nitriles is 1. The Kier molecular flexibility index (Phi) is 2.68. The van der Waals surface area contributed by atoms with Crippen LogP contribution in [0, 0.1) is 16.7 Å². The molecule has 2 heterocycles. The predicted molar refractivity (Wildman–Crippen MR) is 84.1 cm³/mol. The Morgan fingerprint density at radius 1 is 1.48 bits per heavy atom. The summed E-state index contributed by atoms with van der Waals surface area (Å²) in [5.74, 6) is 0.550. The zero-order valence-corrected chi connectivity index (χ0v) is 12.7. The summed E-state index contributed by atoms with van der Waals surface area (Å²) < 4.78 is 0. The Hall–Kier alpha value is -1.79. The first kappa shape index (κ1) is 12.9. The lowest BCUT2D eigenvalue weighted by atomic mass is 9.66. The standard InChI is InChI=1S/C18H21N3/c1-18(6-7-19)9-14-13-4-3-5-15-17(13)12(10-20-15)8-16(14)21(2)11-18/h3-5,10,14,16,20H,6,8-9,11H2,1-2H3/t14?,16-,18+/m1/s1. The molecule has 2 aliphatic rings. The maximum Gasteiger partial charge on any atom is 0.0627 e. The summed E-state index contributed by atoms with van der Waals surface area (Å²) in [6, 6.07) is 9.60. The van der Waals surface area contributed by atoms with Crippen molar-refractivity contribution in [3.63, 3.8) is 0 Å². The molecule has 1 aromatic heterocycles. The molecule has 1 aliphatic carbocycles. The predicted octanol–water partition coefficient (Wildman–Crippen LogP) is 3.43. The van der Waals surface area contributed by atoms with Crippen LogP contribution in [0.1, 0.15) is 36.8 Å². The fourth-order valence-corrected chi connectivity index (χ4v) is 4.67. The summed E-state index contributed by atoms with van der Waals surface area (Å²) in [6.07, 6.45) is 5.08. The van der Waals surface area contributed by atoms with Crippen LogP contribution in [0.25, 0.3) is 10.9 Å². The highest BCUT2D eigenvalue weighted by atomic mass is 15.2. The molecule has 108 valence electrons. The molecule has 1 aliphatic heterocycles. The summed E-state index contributed by atoms with van der Waals surface area (Å²) >= 11 is 0. The first-order valence-corrected chi connectivity index (χ1v) is 7.77. The number of likely N-dealkylation sites (tertiary alicyclic amines) is 1. The van der Waals surface area contributed by atoms with Crippen LogP contribution in [0.3, 0.4) is 0 Å². The van der Waals surface area contributed by atoms with E-state index in [1.165, 1.54) is 22.0 Å². The molecule has 1 saturated heterocycles. The van der Waals surface area contributed by atoms with Crippen molar-refractivity contribution < 1.29 is 0 Å². The minimum atomic E-state index is 0.112. The first-order valence-electron chi connectivity index (χ1n) is 7.77. The number of nitrogens with one attached hydrogen (secondary N) is 1. The number of H-pyrrole nitrogens is 1. The van der Waals surface area contributed by atoms with Crippen molar-refractivity contribution in [2.24, 2.45) is 5.41 Å². The van der Waals surface area contributed by atoms with Crippen LogP contribution in [-0.2, 0) is 6.42 Å². The highest BCUT2D eigenvalue weighted by Gasteiger charge is 2.44. The van der Waals surface area contributed by atoms with Gasteiger partial charge in [-0.1, -0.05) is 19.1 Å². The smallest absolute Gasteiger partial charge is 0.0627 e. The number of piperidine rings is 1. The molecule has 1 aromatic carbocycles. The van der Waals surface area contributed by atoms with E-state index in [4.69, 9.17) is 5.26 Å². The van der Waals surface area contributed by atoms with Gasteiger partial charge in [-0.2, -0.15) is 5.26 Å². The van der Waals surface area contributed by atoms with Gasteiger partial charge in [0.05, 0.1) is 6.07 Å². The Morgan fingerprint density at radius 2 is 2.33 bits per heavy atom. The lowest BCUT2D eigenvalue weighted by molar-refractivity contribution is 0.0561. The van der Waals surface area contributed by atoms with E-state index in [-0.39, 0.29) is 5.41 Å². The highest BCUT2D eigenvalue weighted by molar-refractivity contribution is 5.88. The normalized spacial score (nSPS) is 31.9. The number of nitrogens with zero attached hydrogens (tertiary/aromatic N) is 2. The van der Waals surface area contributed by atoms with Crippen molar-refractivity contribution >= 4 is 10.9 Å². The lowest BCUT2D eigenvalue weighted by Gasteiger charge is -2.49. The molecule has 3 heteroatoms. The first-order chi connectivity index (χ1) is 10.1. The summed E-state index contributed by atoms with van der Waals surface area (Å²) in [4.78, 5) is 5.91. The third-order valence-electron chi connectivity index (χ3n) is 5.53. The summed E-state index contributed by atoms with van der Waals surface area (Å²) in [7, 11) is 2.23. The van der Waals surface area contributed by atoms with Crippen LogP contribution in [0.2, 0.25) is 0 Å². The number of rotatable bonds is 1. The minimum absolute atomic E-state index is 0.112. The van der Waals surface area contributed by atoms with Crippen molar-refractivity contribution in [1.29, 1.82) is 5.26 Å². The average molecular weight is 279 g/mol. The molecule has 1 unspecified atom stereocenters. The second-order valence-corrected chi connectivity index (χ2v) is 7.23.